The van der Waals surface area contributed by atoms with Crippen molar-refractivity contribution in [3.05, 3.63) is 5.56 Å². The maximum Gasteiger partial charge on any atom is 0.347 e. The molecule has 2 rings (SSSR count). The van der Waals surface area contributed by atoms with E-state index in [4.69, 9.17) is 10.3 Å². The van der Waals surface area contributed by atoms with Gasteiger partial charge in [0.1, 0.15) is 0 Å². The van der Waals surface area contributed by atoms with Gasteiger partial charge in [0, 0.05) is 13.1 Å². The van der Waals surface area contributed by atoms with Gasteiger partial charge in [0.25, 0.3) is 0 Å². The second kappa shape index (κ2) is 4.62. The molecule has 1 fully saturated rings. The minimum absolute atomic E-state index is 0.0630. The fraction of sp³-hybridized carbons (Fsp3) is 0.600. The highest BCUT2D eigenvalue weighted by atomic mass is 16.5. The van der Waals surface area contributed by atoms with Crippen molar-refractivity contribution < 1.29 is 19.2 Å². The smallest absolute Gasteiger partial charge is 0.347 e. The average molecular weight is 241 g/mol. The Labute approximate surface area is 98.1 Å². The quantitative estimate of drug-likeness (QED) is 0.703. The molecular weight excluding hydrogens is 226 g/mol. The van der Waals surface area contributed by atoms with E-state index in [1.54, 1.807) is 4.90 Å². The van der Waals surface area contributed by atoms with Crippen LogP contribution in [-0.2, 0) is 4.74 Å². The summed E-state index contributed by atoms with van der Waals surface area (Å²) in [5.74, 6) is -0.307. The van der Waals surface area contributed by atoms with E-state index in [-0.39, 0.29) is 11.4 Å². The molecule has 7 nitrogen and oxygen atoms in total. The molecule has 1 unspecified atom stereocenters. The van der Waals surface area contributed by atoms with Gasteiger partial charge >= 0.3 is 5.97 Å². The van der Waals surface area contributed by atoms with Crippen molar-refractivity contribution in [1.29, 1.82) is 0 Å². The lowest BCUT2D eigenvalue weighted by molar-refractivity contribution is 0.0601. The first-order valence-electron chi connectivity index (χ1n) is 5.40. The standard InChI is InChI=1S/C10H15N3O4/c1-16-10(15)7-8(11)17-12-9(7)13-4-2-3-6(14)5-13/h6,14H,2-5,11H2,1H3. The highest BCUT2D eigenvalue weighted by Gasteiger charge is 2.29. The molecule has 1 aliphatic rings. The third-order valence-electron chi connectivity index (χ3n) is 2.79. The van der Waals surface area contributed by atoms with E-state index in [0.717, 1.165) is 12.8 Å². The number of piperidine rings is 1. The molecule has 2 heterocycles. The number of aliphatic hydroxyl groups is 1. The number of esters is 1. The van der Waals surface area contributed by atoms with Crippen molar-refractivity contribution in [3.63, 3.8) is 0 Å². The number of carbonyl (C=O) groups is 1. The van der Waals surface area contributed by atoms with Crippen molar-refractivity contribution in [2.45, 2.75) is 18.9 Å². The first-order chi connectivity index (χ1) is 8.13. The van der Waals surface area contributed by atoms with E-state index in [0.29, 0.717) is 18.9 Å². The Bertz CT molecular complexity index is 418. The molecule has 7 heteroatoms. The molecule has 1 atom stereocenters. The predicted molar refractivity (Wildman–Crippen MR) is 59.7 cm³/mol. The van der Waals surface area contributed by atoms with Gasteiger partial charge in [-0.2, -0.15) is 0 Å². The zero-order chi connectivity index (χ0) is 12.4. The number of nitrogens with zero attached hydrogens (tertiary/aromatic N) is 2. The number of aromatic nitrogens is 1. The van der Waals surface area contributed by atoms with Gasteiger partial charge in [0.15, 0.2) is 11.4 Å². The minimum Gasteiger partial charge on any atom is -0.465 e. The van der Waals surface area contributed by atoms with Crippen molar-refractivity contribution in [2.75, 3.05) is 30.8 Å². The molecular formula is C10H15N3O4. The fourth-order valence-corrected chi connectivity index (χ4v) is 1.95. The van der Waals surface area contributed by atoms with Crippen molar-refractivity contribution in [3.8, 4) is 0 Å². The van der Waals surface area contributed by atoms with Gasteiger partial charge in [-0.05, 0) is 12.8 Å². The van der Waals surface area contributed by atoms with Crippen molar-refractivity contribution in [2.24, 2.45) is 0 Å². The van der Waals surface area contributed by atoms with Gasteiger partial charge in [-0.3, -0.25) is 0 Å². The first-order valence-corrected chi connectivity index (χ1v) is 5.40. The van der Waals surface area contributed by atoms with Crippen molar-refractivity contribution in [1.82, 2.24) is 5.16 Å². The summed E-state index contributed by atoms with van der Waals surface area (Å²) < 4.78 is 9.44. The Morgan fingerprint density at radius 2 is 2.47 bits per heavy atom. The number of hydrogen-bond acceptors (Lipinski definition) is 7. The molecule has 3 N–H and O–H groups in total. The van der Waals surface area contributed by atoms with Crippen LogP contribution in [0.5, 0.6) is 0 Å². The summed E-state index contributed by atoms with van der Waals surface area (Å²) in [5, 5.41) is 13.3. The molecule has 0 spiro atoms. The lowest BCUT2D eigenvalue weighted by atomic mass is 10.1. The summed E-state index contributed by atoms with van der Waals surface area (Å²) in [7, 11) is 1.27. The number of rotatable bonds is 2. The molecule has 0 amide bonds. The Balaban J connectivity index is 2.28. The number of carbonyl (C=O) groups excluding carboxylic acids is 1. The summed E-state index contributed by atoms with van der Waals surface area (Å²) in [6.45, 7) is 1.11. The maximum atomic E-state index is 11.5. The zero-order valence-electron chi connectivity index (χ0n) is 9.55. The number of nitrogen functional groups attached to an aromatic ring is 1. The highest BCUT2D eigenvalue weighted by molar-refractivity contribution is 5.99. The maximum absolute atomic E-state index is 11.5. The molecule has 0 aliphatic carbocycles. The number of nitrogens with two attached hydrogens (primary N) is 1. The van der Waals surface area contributed by atoms with E-state index >= 15 is 0 Å². The van der Waals surface area contributed by atoms with E-state index < -0.39 is 12.1 Å². The van der Waals surface area contributed by atoms with E-state index in [1.165, 1.54) is 7.11 Å². The lowest BCUT2D eigenvalue weighted by Crippen LogP contribution is -2.39. The summed E-state index contributed by atoms with van der Waals surface area (Å²) in [6.07, 6.45) is 1.15. The summed E-state index contributed by atoms with van der Waals surface area (Å²) in [5.41, 5.74) is 5.67. The van der Waals surface area contributed by atoms with E-state index in [9.17, 15) is 9.90 Å². The topological polar surface area (TPSA) is 102 Å². The second-order valence-corrected chi connectivity index (χ2v) is 3.98. The van der Waals surface area contributed by atoms with Crippen LogP contribution in [0.3, 0.4) is 0 Å². The van der Waals surface area contributed by atoms with E-state index in [2.05, 4.69) is 9.89 Å². The number of β-amino-alcohol motifs (C(OH)–C–C–N with tert-alkyl or cyclic N) is 1. The third kappa shape index (κ3) is 2.19. The van der Waals surface area contributed by atoms with Gasteiger partial charge in [0.2, 0.25) is 5.88 Å². The van der Waals surface area contributed by atoms with Gasteiger partial charge in [-0.1, -0.05) is 5.16 Å². The highest BCUT2D eigenvalue weighted by Crippen LogP contribution is 2.28. The van der Waals surface area contributed by atoms with Crippen molar-refractivity contribution >= 4 is 17.7 Å². The molecule has 0 radical (unpaired) electrons. The summed E-state index contributed by atoms with van der Waals surface area (Å²) in [6, 6.07) is 0. The Hall–Kier alpha value is -1.76. The zero-order valence-corrected chi connectivity index (χ0v) is 9.55. The monoisotopic (exact) mass is 241 g/mol. The largest absolute Gasteiger partial charge is 0.465 e. The summed E-state index contributed by atoms with van der Waals surface area (Å²) >= 11 is 0. The molecule has 0 bridgehead atoms. The Morgan fingerprint density at radius 1 is 1.71 bits per heavy atom. The number of anilines is 2. The molecule has 0 saturated carbocycles. The Kier molecular flexibility index (Phi) is 3.19. The molecule has 1 aromatic heterocycles. The van der Waals surface area contributed by atoms with Crippen LogP contribution in [0, 0.1) is 0 Å². The molecule has 0 aromatic carbocycles. The van der Waals surface area contributed by atoms with Crippen LogP contribution in [0.1, 0.15) is 23.2 Å². The van der Waals surface area contributed by atoms with Crippen LogP contribution < -0.4 is 10.6 Å². The van der Waals surface area contributed by atoms with E-state index in [1.807, 2.05) is 0 Å². The van der Waals surface area contributed by atoms with Crippen LogP contribution in [0.15, 0.2) is 4.52 Å². The predicted octanol–water partition coefficient (Wildman–Crippen LogP) is 0.00450. The summed E-state index contributed by atoms with van der Waals surface area (Å²) in [4.78, 5) is 13.3. The normalized spacial score (nSPS) is 20.4. The third-order valence-corrected chi connectivity index (χ3v) is 2.79. The van der Waals surface area contributed by atoms with Crippen LogP contribution in [0.2, 0.25) is 0 Å². The lowest BCUT2D eigenvalue weighted by Gasteiger charge is -2.30. The van der Waals surface area contributed by atoms with Crippen LogP contribution in [0.25, 0.3) is 0 Å². The van der Waals surface area contributed by atoms with Gasteiger partial charge in [0.05, 0.1) is 13.2 Å². The Morgan fingerprint density at radius 3 is 3.12 bits per heavy atom. The van der Waals surface area contributed by atoms with Gasteiger partial charge in [-0.15, -0.1) is 0 Å². The number of ether oxygens (including phenoxy) is 1. The molecule has 94 valence electrons. The minimum atomic E-state index is -0.584. The number of aliphatic hydroxyl groups excluding tert-OH is 1. The van der Waals surface area contributed by atoms with Crippen LogP contribution >= 0.6 is 0 Å². The molecule has 1 aliphatic heterocycles. The van der Waals surface area contributed by atoms with Gasteiger partial charge < -0.3 is 25.0 Å². The molecule has 1 saturated heterocycles. The second-order valence-electron chi connectivity index (χ2n) is 3.98. The average Bonchev–Trinajstić information content (AvgIpc) is 2.70. The number of hydrogen-bond donors (Lipinski definition) is 2. The number of methoxy groups -OCH3 is 1. The van der Waals surface area contributed by atoms with Gasteiger partial charge in [-0.25, -0.2) is 4.79 Å². The van der Waals surface area contributed by atoms with Crippen LogP contribution in [0.4, 0.5) is 11.7 Å². The SMILES string of the molecule is COC(=O)c1c(N2CCCC(O)C2)noc1N. The first kappa shape index (κ1) is 11.7. The molecule has 1 aromatic rings. The van der Waals surface area contributed by atoms with Crippen LogP contribution in [-0.4, -0.2) is 42.5 Å². The fourth-order valence-electron chi connectivity index (χ4n) is 1.95. The molecule has 17 heavy (non-hydrogen) atoms.